The van der Waals surface area contributed by atoms with E-state index in [1.54, 1.807) is 32.5 Å². The molecule has 124 valence electrons. The lowest BCUT2D eigenvalue weighted by molar-refractivity contribution is 0.395. The van der Waals surface area contributed by atoms with Gasteiger partial charge in [0.25, 0.3) is 0 Å². The molecule has 2 aromatic heterocycles. The predicted molar refractivity (Wildman–Crippen MR) is 97.7 cm³/mol. The third-order valence-electron chi connectivity index (χ3n) is 3.44. The summed E-state index contributed by atoms with van der Waals surface area (Å²) in [5.74, 6) is 1.10. The molecule has 0 amide bonds. The van der Waals surface area contributed by atoms with E-state index in [1.807, 2.05) is 12.3 Å². The Bertz CT molecular complexity index is 921. The molecule has 0 saturated heterocycles. The molecule has 3 aromatic rings. The number of hydrogen-bond acceptors (Lipinski definition) is 6. The molecule has 1 aromatic carbocycles. The minimum Gasteiger partial charge on any atom is -0.497 e. The van der Waals surface area contributed by atoms with Crippen molar-refractivity contribution >= 4 is 46.0 Å². The van der Waals surface area contributed by atoms with Gasteiger partial charge < -0.3 is 9.47 Å². The minimum absolute atomic E-state index is 0.297. The van der Waals surface area contributed by atoms with Crippen molar-refractivity contribution in [1.82, 2.24) is 15.0 Å². The van der Waals surface area contributed by atoms with Crippen LogP contribution in [-0.2, 0) is 0 Å². The van der Waals surface area contributed by atoms with Gasteiger partial charge in [0.05, 0.1) is 19.2 Å². The Morgan fingerprint density at radius 2 is 1.79 bits per heavy atom. The first-order chi connectivity index (χ1) is 11.6. The monoisotopic (exact) mass is 381 g/mol. The Morgan fingerprint density at radius 1 is 1.00 bits per heavy atom. The van der Waals surface area contributed by atoms with E-state index in [0.717, 1.165) is 5.39 Å². The van der Waals surface area contributed by atoms with E-state index in [4.69, 9.17) is 32.7 Å². The van der Waals surface area contributed by atoms with Gasteiger partial charge in [0, 0.05) is 28.8 Å². The number of aromatic nitrogens is 3. The molecular formula is C16H13Cl2N3O2S. The summed E-state index contributed by atoms with van der Waals surface area (Å²) in [4.78, 5) is 13.0. The van der Waals surface area contributed by atoms with Gasteiger partial charge in [-0.2, -0.15) is 0 Å². The van der Waals surface area contributed by atoms with E-state index in [-0.39, 0.29) is 0 Å². The van der Waals surface area contributed by atoms with Crippen molar-refractivity contribution in [3.05, 3.63) is 34.6 Å². The molecule has 0 aliphatic heterocycles. The highest BCUT2D eigenvalue weighted by Gasteiger charge is 2.17. The summed E-state index contributed by atoms with van der Waals surface area (Å²) in [6.07, 6.45) is 3.62. The van der Waals surface area contributed by atoms with Gasteiger partial charge in [-0.3, -0.25) is 0 Å². The van der Waals surface area contributed by atoms with Crippen LogP contribution in [0.1, 0.15) is 0 Å². The van der Waals surface area contributed by atoms with E-state index in [2.05, 4.69) is 15.0 Å². The number of nitrogens with zero attached hydrogens (tertiary/aromatic N) is 3. The molecule has 24 heavy (non-hydrogen) atoms. The fourth-order valence-corrected chi connectivity index (χ4v) is 3.11. The molecule has 0 aliphatic carbocycles. The van der Waals surface area contributed by atoms with Crippen LogP contribution < -0.4 is 9.47 Å². The fourth-order valence-electron chi connectivity index (χ4n) is 2.25. The van der Waals surface area contributed by atoms with Crippen molar-refractivity contribution < 1.29 is 9.47 Å². The van der Waals surface area contributed by atoms with Gasteiger partial charge in [0.15, 0.2) is 10.8 Å². The zero-order valence-corrected chi connectivity index (χ0v) is 15.5. The number of benzene rings is 1. The zero-order chi connectivity index (χ0) is 17.3. The topological polar surface area (TPSA) is 57.1 Å². The van der Waals surface area contributed by atoms with Gasteiger partial charge in [-0.05, 0) is 18.4 Å². The fraction of sp³-hybridized carbons (Fsp3) is 0.188. The first kappa shape index (κ1) is 17.1. The average molecular weight is 382 g/mol. The van der Waals surface area contributed by atoms with E-state index in [1.165, 1.54) is 11.8 Å². The second-order valence-corrected chi connectivity index (χ2v) is 6.30. The van der Waals surface area contributed by atoms with E-state index >= 15 is 0 Å². The lowest BCUT2D eigenvalue weighted by Crippen LogP contribution is -1.95. The van der Waals surface area contributed by atoms with E-state index in [9.17, 15) is 0 Å². The molecule has 2 heterocycles. The van der Waals surface area contributed by atoms with Crippen molar-refractivity contribution in [3.8, 4) is 22.6 Å². The standard InChI is InChI=1S/C16H13Cl2N3O2S/c1-22-9-5-10(13(17)12(6-9)23-2)11-4-8-7-19-16(24-3)21-15(8)20-14(11)18/h4-7H,1-3H3. The summed E-state index contributed by atoms with van der Waals surface area (Å²) in [7, 11) is 3.12. The molecule has 0 aliphatic rings. The highest BCUT2D eigenvalue weighted by atomic mass is 35.5. The zero-order valence-electron chi connectivity index (χ0n) is 13.1. The van der Waals surface area contributed by atoms with Gasteiger partial charge in [-0.1, -0.05) is 35.0 Å². The Hall–Kier alpha value is -1.76. The average Bonchev–Trinajstić information content (AvgIpc) is 2.61. The Morgan fingerprint density at radius 3 is 2.46 bits per heavy atom. The summed E-state index contributed by atoms with van der Waals surface area (Å²) in [5.41, 5.74) is 1.86. The first-order valence-electron chi connectivity index (χ1n) is 6.86. The molecule has 0 saturated carbocycles. The van der Waals surface area contributed by atoms with Gasteiger partial charge in [-0.15, -0.1) is 0 Å². The van der Waals surface area contributed by atoms with Crippen LogP contribution in [0, 0.1) is 0 Å². The number of pyridine rings is 1. The maximum absolute atomic E-state index is 6.44. The smallest absolute Gasteiger partial charge is 0.189 e. The van der Waals surface area contributed by atoms with Crippen molar-refractivity contribution in [2.45, 2.75) is 5.16 Å². The molecule has 0 fully saturated rings. The highest BCUT2D eigenvalue weighted by Crippen LogP contribution is 2.41. The number of fused-ring (bicyclic) bond motifs is 1. The molecule has 0 bridgehead atoms. The molecule has 0 unspecified atom stereocenters. The van der Waals surface area contributed by atoms with Crippen LogP contribution in [0.25, 0.3) is 22.2 Å². The summed E-state index contributed by atoms with van der Waals surface area (Å²) < 4.78 is 10.6. The van der Waals surface area contributed by atoms with Crippen molar-refractivity contribution in [1.29, 1.82) is 0 Å². The van der Waals surface area contributed by atoms with Crippen LogP contribution >= 0.6 is 35.0 Å². The maximum Gasteiger partial charge on any atom is 0.189 e. The van der Waals surface area contributed by atoms with Crippen molar-refractivity contribution in [3.63, 3.8) is 0 Å². The second-order valence-electron chi connectivity index (χ2n) is 4.79. The predicted octanol–water partition coefficient (Wildman–Crippen LogP) is 4.74. The SMILES string of the molecule is COc1cc(OC)c(Cl)c(-c2cc3cnc(SC)nc3nc2Cl)c1. The van der Waals surface area contributed by atoms with Gasteiger partial charge in [0.1, 0.15) is 16.7 Å². The maximum atomic E-state index is 6.44. The summed E-state index contributed by atoms with van der Waals surface area (Å²) in [5, 5.41) is 2.14. The number of thioether (sulfide) groups is 1. The van der Waals surface area contributed by atoms with E-state index < -0.39 is 0 Å². The summed E-state index contributed by atoms with van der Waals surface area (Å²) >= 11 is 14.3. The van der Waals surface area contributed by atoms with Crippen LogP contribution in [0.5, 0.6) is 11.5 Å². The minimum atomic E-state index is 0.297. The Balaban J connectivity index is 2.24. The molecule has 5 nitrogen and oxygen atoms in total. The third kappa shape index (κ3) is 3.09. The molecule has 0 atom stereocenters. The molecule has 0 radical (unpaired) electrons. The Labute approximate surface area is 153 Å². The van der Waals surface area contributed by atoms with Crippen LogP contribution in [0.3, 0.4) is 0 Å². The normalized spacial score (nSPS) is 10.9. The van der Waals surface area contributed by atoms with Gasteiger partial charge >= 0.3 is 0 Å². The third-order valence-corrected chi connectivity index (χ3v) is 4.68. The Kier molecular flexibility index (Phi) is 4.99. The molecule has 3 rings (SSSR count). The van der Waals surface area contributed by atoms with E-state index in [0.29, 0.717) is 43.6 Å². The lowest BCUT2D eigenvalue weighted by atomic mass is 10.1. The molecule has 0 N–H and O–H groups in total. The first-order valence-corrected chi connectivity index (χ1v) is 8.84. The number of ether oxygens (including phenoxy) is 2. The van der Waals surface area contributed by atoms with Crippen molar-refractivity contribution in [2.24, 2.45) is 0 Å². The number of rotatable bonds is 4. The summed E-state index contributed by atoms with van der Waals surface area (Å²) in [6, 6.07) is 5.35. The molecular weight excluding hydrogens is 369 g/mol. The molecule has 8 heteroatoms. The lowest BCUT2D eigenvalue weighted by Gasteiger charge is -2.13. The van der Waals surface area contributed by atoms with Gasteiger partial charge in [0.2, 0.25) is 0 Å². The number of hydrogen-bond donors (Lipinski definition) is 0. The largest absolute Gasteiger partial charge is 0.497 e. The van der Waals surface area contributed by atoms with Crippen LogP contribution in [0.15, 0.2) is 29.6 Å². The van der Waals surface area contributed by atoms with Crippen LogP contribution in [0.4, 0.5) is 0 Å². The quantitative estimate of drug-likeness (QED) is 0.369. The highest BCUT2D eigenvalue weighted by molar-refractivity contribution is 7.98. The second kappa shape index (κ2) is 7.01. The van der Waals surface area contributed by atoms with Crippen LogP contribution in [0.2, 0.25) is 10.2 Å². The molecule has 0 spiro atoms. The number of halogens is 2. The summed E-state index contributed by atoms with van der Waals surface area (Å²) in [6.45, 7) is 0. The van der Waals surface area contributed by atoms with Crippen molar-refractivity contribution in [2.75, 3.05) is 20.5 Å². The number of methoxy groups -OCH3 is 2. The van der Waals surface area contributed by atoms with Gasteiger partial charge in [-0.25, -0.2) is 15.0 Å². The van der Waals surface area contributed by atoms with Crippen LogP contribution in [-0.4, -0.2) is 35.4 Å².